The summed E-state index contributed by atoms with van der Waals surface area (Å²) in [6.45, 7) is 4.23. The van der Waals surface area contributed by atoms with Crippen molar-refractivity contribution in [2.45, 2.75) is 51.1 Å². The van der Waals surface area contributed by atoms with Crippen molar-refractivity contribution >= 4 is 5.91 Å². The summed E-state index contributed by atoms with van der Waals surface area (Å²) in [6.07, 6.45) is 5.80. The summed E-state index contributed by atoms with van der Waals surface area (Å²) in [5.74, 6) is 0.443. The summed E-state index contributed by atoms with van der Waals surface area (Å²) in [5.41, 5.74) is 0.0190. The van der Waals surface area contributed by atoms with Gasteiger partial charge in [0.2, 0.25) is 5.91 Å². The fourth-order valence-corrected chi connectivity index (χ4v) is 3.03. The first-order valence-electron chi connectivity index (χ1n) is 6.24. The van der Waals surface area contributed by atoms with Gasteiger partial charge in [-0.1, -0.05) is 6.92 Å². The van der Waals surface area contributed by atoms with Gasteiger partial charge in [-0.25, -0.2) is 0 Å². The molecule has 15 heavy (non-hydrogen) atoms. The normalized spacial score (nSPS) is 37.5. The van der Waals surface area contributed by atoms with Gasteiger partial charge >= 0.3 is 0 Å². The first kappa shape index (κ1) is 9.64. The van der Waals surface area contributed by atoms with Crippen LogP contribution in [0.1, 0.15) is 39.0 Å². The zero-order chi connectivity index (χ0) is 10.5. The van der Waals surface area contributed by atoms with E-state index in [0.29, 0.717) is 18.0 Å². The second-order valence-electron chi connectivity index (χ2n) is 5.65. The number of fused-ring (bicyclic) bond motifs is 2. The maximum atomic E-state index is 12.4. The predicted octanol–water partition coefficient (Wildman–Crippen LogP) is 1.14. The molecule has 1 saturated carbocycles. The van der Waals surface area contributed by atoms with Crippen molar-refractivity contribution in [2.24, 2.45) is 5.41 Å². The summed E-state index contributed by atoms with van der Waals surface area (Å²) in [7, 11) is 0. The predicted molar refractivity (Wildman–Crippen MR) is 58.5 cm³/mol. The molecule has 2 aliphatic heterocycles. The van der Waals surface area contributed by atoms with Crippen molar-refractivity contribution in [3.8, 4) is 0 Å². The molecule has 3 rings (SSSR count). The Kier molecular flexibility index (Phi) is 2.06. The Bertz CT molecular complexity index is 271. The smallest absolute Gasteiger partial charge is 0.229 e. The lowest BCUT2D eigenvalue weighted by Gasteiger charge is -2.30. The lowest BCUT2D eigenvalue weighted by atomic mass is 10.1. The average Bonchev–Trinajstić information content (AvgIpc) is 2.85. The van der Waals surface area contributed by atoms with Crippen molar-refractivity contribution in [3.05, 3.63) is 0 Å². The minimum absolute atomic E-state index is 0.0190. The van der Waals surface area contributed by atoms with Gasteiger partial charge in [-0.15, -0.1) is 0 Å². The van der Waals surface area contributed by atoms with Crippen molar-refractivity contribution in [3.63, 3.8) is 0 Å². The number of nitrogens with zero attached hydrogens (tertiary/aromatic N) is 1. The number of nitrogens with one attached hydrogen (secondary N) is 1. The fourth-order valence-electron chi connectivity index (χ4n) is 3.03. The van der Waals surface area contributed by atoms with Crippen LogP contribution in [0.25, 0.3) is 0 Å². The number of amides is 1. The second kappa shape index (κ2) is 3.21. The van der Waals surface area contributed by atoms with Gasteiger partial charge in [0.15, 0.2) is 0 Å². The van der Waals surface area contributed by atoms with E-state index in [0.717, 1.165) is 32.4 Å². The SMILES string of the molecule is CC1(C(=O)N2C3CCNCC2CC3)CC1. The van der Waals surface area contributed by atoms with Gasteiger partial charge in [0.05, 0.1) is 0 Å². The zero-order valence-corrected chi connectivity index (χ0v) is 9.46. The molecule has 0 aromatic carbocycles. The van der Waals surface area contributed by atoms with E-state index in [-0.39, 0.29) is 5.41 Å². The molecule has 3 aliphatic rings. The average molecular weight is 208 g/mol. The minimum atomic E-state index is 0.0190. The molecule has 0 spiro atoms. The van der Waals surface area contributed by atoms with Crippen LogP contribution in [0, 0.1) is 5.41 Å². The molecule has 2 unspecified atom stereocenters. The molecular weight excluding hydrogens is 188 g/mol. The van der Waals surface area contributed by atoms with Crippen LogP contribution < -0.4 is 5.32 Å². The van der Waals surface area contributed by atoms with Crippen LogP contribution >= 0.6 is 0 Å². The number of rotatable bonds is 1. The van der Waals surface area contributed by atoms with Gasteiger partial charge in [-0.05, 0) is 38.6 Å². The molecule has 1 aliphatic carbocycles. The Labute approximate surface area is 91.2 Å². The van der Waals surface area contributed by atoms with Crippen LogP contribution in [0.3, 0.4) is 0 Å². The van der Waals surface area contributed by atoms with Crippen LogP contribution in [0.15, 0.2) is 0 Å². The van der Waals surface area contributed by atoms with Crippen LogP contribution in [-0.4, -0.2) is 36.0 Å². The number of hydrogen-bond acceptors (Lipinski definition) is 2. The third-order valence-electron chi connectivity index (χ3n) is 4.41. The topological polar surface area (TPSA) is 32.3 Å². The van der Waals surface area contributed by atoms with E-state index in [1.807, 2.05) is 0 Å². The maximum Gasteiger partial charge on any atom is 0.229 e. The van der Waals surface area contributed by atoms with E-state index >= 15 is 0 Å². The summed E-state index contributed by atoms with van der Waals surface area (Å²) >= 11 is 0. The fraction of sp³-hybridized carbons (Fsp3) is 0.917. The first-order valence-corrected chi connectivity index (χ1v) is 6.24. The van der Waals surface area contributed by atoms with Crippen molar-refractivity contribution in [1.29, 1.82) is 0 Å². The summed E-state index contributed by atoms with van der Waals surface area (Å²) in [6, 6.07) is 1.03. The summed E-state index contributed by atoms with van der Waals surface area (Å²) in [5, 5.41) is 3.44. The molecule has 2 saturated heterocycles. The molecule has 2 atom stereocenters. The van der Waals surface area contributed by atoms with E-state index in [2.05, 4.69) is 17.1 Å². The number of hydrogen-bond donors (Lipinski definition) is 1. The zero-order valence-electron chi connectivity index (χ0n) is 9.46. The largest absolute Gasteiger partial charge is 0.335 e. The molecule has 0 aromatic rings. The van der Waals surface area contributed by atoms with E-state index in [1.54, 1.807) is 0 Å². The van der Waals surface area contributed by atoms with Crippen molar-refractivity contribution in [1.82, 2.24) is 10.2 Å². The third kappa shape index (κ3) is 1.48. The highest BCUT2D eigenvalue weighted by Gasteiger charge is 2.51. The molecule has 0 radical (unpaired) electrons. The standard InChI is InChI=1S/C12H20N2O/c1-12(5-6-12)11(15)14-9-2-3-10(14)8-13-7-4-9/h9-10,13H,2-8H2,1H3. The maximum absolute atomic E-state index is 12.4. The Hall–Kier alpha value is -0.570. The molecule has 3 fully saturated rings. The highest BCUT2D eigenvalue weighted by molar-refractivity contribution is 5.85. The van der Waals surface area contributed by atoms with E-state index in [9.17, 15) is 4.79 Å². The minimum Gasteiger partial charge on any atom is -0.335 e. The molecule has 3 nitrogen and oxygen atoms in total. The molecule has 84 valence electrons. The highest BCUT2D eigenvalue weighted by Crippen LogP contribution is 2.48. The molecule has 3 heteroatoms. The highest BCUT2D eigenvalue weighted by atomic mass is 16.2. The van der Waals surface area contributed by atoms with Gasteiger partial charge in [-0.3, -0.25) is 4.79 Å². The molecule has 2 bridgehead atoms. The summed E-state index contributed by atoms with van der Waals surface area (Å²) < 4.78 is 0. The third-order valence-corrected chi connectivity index (χ3v) is 4.41. The van der Waals surface area contributed by atoms with Crippen LogP contribution in [0.2, 0.25) is 0 Å². The van der Waals surface area contributed by atoms with Crippen molar-refractivity contribution < 1.29 is 4.79 Å². The molecular formula is C12H20N2O. The lowest BCUT2D eigenvalue weighted by Crippen LogP contribution is -2.45. The number of carbonyl (C=O) groups excluding carboxylic acids is 1. The van der Waals surface area contributed by atoms with Crippen LogP contribution in [0.5, 0.6) is 0 Å². The monoisotopic (exact) mass is 208 g/mol. The molecule has 0 aromatic heterocycles. The molecule has 2 heterocycles. The van der Waals surface area contributed by atoms with E-state index in [1.165, 1.54) is 12.8 Å². The van der Waals surface area contributed by atoms with Crippen LogP contribution in [-0.2, 0) is 4.79 Å². The van der Waals surface area contributed by atoms with E-state index < -0.39 is 0 Å². The Morgan fingerprint density at radius 3 is 2.73 bits per heavy atom. The van der Waals surface area contributed by atoms with Gasteiger partial charge < -0.3 is 10.2 Å². The molecule has 1 N–H and O–H groups in total. The quantitative estimate of drug-likeness (QED) is 0.701. The van der Waals surface area contributed by atoms with Crippen molar-refractivity contribution in [2.75, 3.05) is 13.1 Å². The number of carbonyl (C=O) groups is 1. The van der Waals surface area contributed by atoms with Gasteiger partial charge in [0.25, 0.3) is 0 Å². The summed E-state index contributed by atoms with van der Waals surface area (Å²) in [4.78, 5) is 14.6. The van der Waals surface area contributed by atoms with Gasteiger partial charge in [0.1, 0.15) is 0 Å². The first-order chi connectivity index (χ1) is 7.21. The Balaban J connectivity index is 1.81. The Morgan fingerprint density at radius 2 is 2.00 bits per heavy atom. The molecule has 1 amide bonds. The van der Waals surface area contributed by atoms with Gasteiger partial charge in [-0.2, -0.15) is 0 Å². The van der Waals surface area contributed by atoms with Gasteiger partial charge in [0, 0.05) is 24.0 Å². The van der Waals surface area contributed by atoms with E-state index in [4.69, 9.17) is 0 Å². The second-order valence-corrected chi connectivity index (χ2v) is 5.65. The van der Waals surface area contributed by atoms with Crippen LogP contribution in [0.4, 0.5) is 0 Å². The Morgan fingerprint density at radius 1 is 1.27 bits per heavy atom. The lowest BCUT2D eigenvalue weighted by molar-refractivity contribution is -0.139.